The predicted molar refractivity (Wildman–Crippen MR) is 81.9 cm³/mol. The summed E-state index contributed by atoms with van der Waals surface area (Å²) in [5, 5.41) is 9.61. The number of hydrogen-bond donors (Lipinski definition) is 0. The number of nitrogens with zero attached hydrogens (tertiary/aromatic N) is 2. The standard InChI is InChI=1S/C17H11FN2OS/c1-11-2-4-12(5-3-11)16-20-15(10-19)17(21-16)22-14-8-6-13(18)7-9-14/h2-9H,1H3. The molecule has 3 aromatic rings. The molecule has 5 heteroatoms. The second-order valence-electron chi connectivity index (χ2n) is 4.69. The maximum absolute atomic E-state index is 12.9. The van der Waals surface area contributed by atoms with Crippen molar-refractivity contribution >= 4 is 11.8 Å². The first-order valence-corrected chi connectivity index (χ1v) is 7.39. The van der Waals surface area contributed by atoms with Gasteiger partial charge in [-0.25, -0.2) is 4.39 Å². The highest BCUT2D eigenvalue weighted by atomic mass is 32.2. The van der Waals surface area contributed by atoms with Crippen LogP contribution in [0, 0.1) is 24.1 Å². The number of nitriles is 1. The third kappa shape index (κ3) is 3.02. The summed E-state index contributed by atoms with van der Waals surface area (Å²) >= 11 is 1.25. The van der Waals surface area contributed by atoms with E-state index in [2.05, 4.69) is 4.98 Å². The summed E-state index contributed by atoms with van der Waals surface area (Å²) in [5.41, 5.74) is 2.18. The van der Waals surface area contributed by atoms with Crippen LogP contribution in [0.15, 0.2) is 62.9 Å². The molecule has 0 amide bonds. The minimum Gasteiger partial charge on any atom is -0.428 e. The van der Waals surface area contributed by atoms with Gasteiger partial charge in [-0.3, -0.25) is 0 Å². The lowest BCUT2D eigenvalue weighted by atomic mass is 10.1. The average Bonchev–Trinajstić information content (AvgIpc) is 2.93. The average molecular weight is 310 g/mol. The van der Waals surface area contributed by atoms with Crippen molar-refractivity contribution < 1.29 is 8.81 Å². The molecule has 0 radical (unpaired) electrons. The van der Waals surface area contributed by atoms with Crippen LogP contribution in [-0.2, 0) is 0 Å². The van der Waals surface area contributed by atoms with E-state index in [9.17, 15) is 9.65 Å². The van der Waals surface area contributed by atoms with E-state index < -0.39 is 0 Å². The molecule has 0 fully saturated rings. The Morgan fingerprint density at radius 1 is 1.09 bits per heavy atom. The molecule has 3 rings (SSSR count). The lowest BCUT2D eigenvalue weighted by Crippen LogP contribution is -1.79. The Kier molecular flexibility index (Phi) is 3.94. The monoisotopic (exact) mass is 310 g/mol. The Morgan fingerprint density at radius 2 is 1.77 bits per heavy atom. The summed E-state index contributed by atoms with van der Waals surface area (Å²) in [6, 6.07) is 15.7. The first-order chi connectivity index (χ1) is 10.7. The van der Waals surface area contributed by atoms with E-state index in [0.717, 1.165) is 16.0 Å². The van der Waals surface area contributed by atoms with Crippen LogP contribution < -0.4 is 0 Å². The van der Waals surface area contributed by atoms with Gasteiger partial charge in [-0.1, -0.05) is 17.7 Å². The molecule has 0 saturated carbocycles. The fourth-order valence-electron chi connectivity index (χ4n) is 1.88. The molecule has 1 heterocycles. The van der Waals surface area contributed by atoms with Gasteiger partial charge in [0.1, 0.15) is 11.9 Å². The van der Waals surface area contributed by atoms with Gasteiger partial charge in [0.15, 0.2) is 5.69 Å². The molecule has 3 nitrogen and oxygen atoms in total. The maximum atomic E-state index is 12.9. The minimum absolute atomic E-state index is 0.227. The number of hydrogen-bond acceptors (Lipinski definition) is 4. The predicted octanol–water partition coefficient (Wildman–Crippen LogP) is 4.81. The van der Waals surface area contributed by atoms with E-state index in [0.29, 0.717) is 11.0 Å². The Hall–Kier alpha value is -2.58. The number of oxazole rings is 1. The van der Waals surface area contributed by atoms with Crippen molar-refractivity contribution in [2.75, 3.05) is 0 Å². The van der Waals surface area contributed by atoms with Gasteiger partial charge in [-0.2, -0.15) is 10.2 Å². The van der Waals surface area contributed by atoms with Crippen molar-refractivity contribution in [1.29, 1.82) is 5.26 Å². The normalized spacial score (nSPS) is 10.4. The fraction of sp³-hybridized carbons (Fsp3) is 0.0588. The Bertz CT molecular complexity index is 833. The zero-order chi connectivity index (χ0) is 15.5. The highest BCUT2D eigenvalue weighted by Crippen LogP contribution is 2.33. The molecule has 0 aliphatic carbocycles. The van der Waals surface area contributed by atoms with Gasteiger partial charge in [0.05, 0.1) is 0 Å². The molecule has 108 valence electrons. The Labute approximate surface area is 131 Å². The second-order valence-corrected chi connectivity index (χ2v) is 5.74. The van der Waals surface area contributed by atoms with Gasteiger partial charge in [0, 0.05) is 10.5 Å². The van der Waals surface area contributed by atoms with E-state index in [1.165, 1.54) is 23.9 Å². The third-order valence-corrected chi connectivity index (χ3v) is 3.99. The van der Waals surface area contributed by atoms with Gasteiger partial charge < -0.3 is 4.42 Å². The van der Waals surface area contributed by atoms with E-state index in [-0.39, 0.29) is 11.5 Å². The lowest BCUT2D eigenvalue weighted by Gasteiger charge is -1.98. The van der Waals surface area contributed by atoms with Crippen LogP contribution in [0.1, 0.15) is 11.3 Å². The topological polar surface area (TPSA) is 49.8 Å². The SMILES string of the molecule is Cc1ccc(-c2nc(C#N)c(Sc3ccc(F)cc3)o2)cc1. The van der Waals surface area contributed by atoms with E-state index in [1.54, 1.807) is 12.1 Å². The molecule has 2 aromatic carbocycles. The molecule has 0 N–H and O–H groups in total. The quantitative estimate of drug-likeness (QED) is 0.696. The number of benzene rings is 2. The molecule has 0 atom stereocenters. The van der Waals surface area contributed by atoms with Gasteiger partial charge in [0.25, 0.3) is 0 Å². The van der Waals surface area contributed by atoms with Gasteiger partial charge >= 0.3 is 0 Å². The van der Waals surface area contributed by atoms with Crippen LogP contribution in [0.5, 0.6) is 0 Å². The highest BCUT2D eigenvalue weighted by molar-refractivity contribution is 7.99. The first kappa shape index (κ1) is 14.4. The zero-order valence-corrected chi connectivity index (χ0v) is 12.5. The Balaban J connectivity index is 1.93. The lowest BCUT2D eigenvalue weighted by molar-refractivity contribution is 0.483. The van der Waals surface area contributed by atoms with Crippen LogP contribution in [0.2, 0.25) is 0 Å². The second kappa shape index (κ2) is 6.04. The Morgan fingerprint density at radius 3 is 2.41 bits per heavy atom. The van der Waals surface area contributed by atoms with Crippen molar-refractivity contribution in [3.05, 3.63) is 65.6 Å². The van der Waals surface area contributed by atoms with E-state index in [1.807, 2.05) is 37.3 Å². The molecule has 22 heavy (non-hydrogen) atoms. The van der Waals surface area contributed by atoms with Crippen molar-refractivity contribution in [3.63, 3.8) is 0 Å². The van der Waals surface area contributed by atoms with Crippen LogP contribution in [-0.4, -0.2) is 4.98 Å². The summed E-state index contributed by atoms with van der Waals surface area (Å²) in [5.74, 6) is 0.101. The van der Waals surface area contributed by atoms with Crippen LogP contribution >= 0.6 is 11.8 Å². The number of aryl methyl sites for hydroxylation is 1. The molecular formula is C17H11FN2OS. The minimum atomic E-state index is -0.303. The largest absolute Gasteiger partial charge is 0.428 e. The summed E-state index contributed by atoms with van der Waals surface area (Å²) in [6.45, 7) is 2.00. The zero-order valence-electron chi connectivity index (χ0n) is 11.7. The molecule has 1 aromatic heterocycles. The van der Waals surface area contributed by atoms with Crippen molar-refractivity contribution in [1.82, 2.24) is 4.98 Å². The van der Waals surface area contributed by atoms with Crippen LogP contribution in [0.4, 0.5) is 4.39 Å². The van der Waals surface area contributed by atoms with Crippen LogP contribution in [0.3, 0.4) is 0 Å². The van der Waals surface area contributed by atoms with Gasteiger partial charge in [0.2, 0.25) is 11.0 Å². The highest BCUT2D eigenvalue weighted by Gasteiger charge is 2.15. The van der Waals surface area contributed by atoms with Crippen molar-refractivity contribution in [2.45, 2.75) is 16.9 Å². The summed E-state index contributed by atoms with van der Waals surface area (Å²) in [7, 11) is 0. The molecule has 0 spiro atoms. The fourth-order valence-corrected chi connectivity index (χ4v) is 2.67. The number of rotatable bonds is 3. The molecule has 0 aliphatic heterocycles. The smallest absolute Gasteiger partial charge is 0.228 e. The van der Waals surface area contributed by atoms with Gasteiger partial charge in [-0.05, 0) is 55.1 Å². The third-order valence-electron chi connectivity index (χ3n) is 3.02. The summed E-state index contributed by atoms with van der Waals surface area (Å²) in [4.78, 5) is 5.00. The van der Waals surface area contributed by atoms with Crippen LogP contribution in [0.25, 0.3) is 11.5 Å². The summed E-state index contributed by atoms with van der Waals surface area (Å²) in [6.07, 6.45) is 0. The van der Waals surface area contributed by atoms with E-state index in [4.69, 9.17) is 4.42 Å². The molecule has 0 unspecified atom stereocenters. The van der Waals surface area contributed by atoms with Gasteiger partial charge in [-0.15, -0.1) is 0 Å². The first-order valence-electron chi connectivity index (χ1n) is 6.57. The number of aromatic nitrogens is 1. The molecule has 0 aliphatic rings. The summed E-state index contributed by atoms with van der Waals surface area (Å²) < 4.78 is 18.6. The molecular weight excluding hydrogens is 299 g/mol. The maximum Gasteiger partial charge on any atom is 0.228 e. The molecule has 0 bridgehead atoms. The number of halogens is 1. The van der Waals surface area contributed by atoms with Crippen molar-refractivity contribution in [2.24, 2.45) is 0 Å². The molecule has 0 saturated heterocycles. The van der Waals surface area contributed by atoms with Crippen molar-refractivity contribution in [3.8, 4) is 17.5 Å². The van der Waals surface area contributed by atoms with E-state index >= 15 is 0 Å².